The smallest absolute Gasteiger partial charge is 0.333 e. The second kappa shape index (κ2) is 12.8. The standard InChI is InChI=1S/C20H34O4/c1-15(2)19(21)23-17(5)13-11-9-7-8-10-12-14-18(6)24-20(22)16(3)4/h17-18H,1,3,7-14H2,2,4-6H3. The molecule has 0 fully saturated rings. The molecule has 0 saturated heterocycles. The van der Waals surface area contributed by atoms with E-state index in [0.29, 0.717) is 11.1 Å². The van der Waals surface area contributed by atoms with Crippen LogP contribution >= 0.6 is 0 Å². The quantitative estimate of drug-likeness (QED) is 0.266. The lowest BCUT2D eigenvalue weighted by Crippen LogP contribution is -2.15. The largest absolute Gasteiger partial charge is 0.459 e. The van der Waals surface area contributed by atoms with E-state index >= 15 is 0 Å². The van der Waals surface area contributed by atoms with Gasteiger partial charge in [0.2, 0.25) is 0 Å². The maximum atomic E-state index is 11.4. The van der Waals surface area contributed by atoms with E-state index in [4.69, 9.17) is 9.47 Å². The highest BCUT2D eigenvalue weighted by Gasteiger charge is 2.10. The Hall–Kier alpha value is -1.58. The number of rotatable bonds is 13. The van der Waals surface area contributed by atoms with Gasteiger partial charge in [0.05, 0.1) is 12.2 Å². The van der Waals surface area contributed by atoms with Crippen molar-refractivity contribution in [2.75, 3.05) is 0 Å². The first-order chi connectivity index (χ1) is 11.2. The van der Waals surface area contributed by atoms with Crippen LogP contribution in [0.4, 0.5) is 0 Å². The molecule has 0 aromatic rings. The lowest BCUT2D eigenvalue weighted by Gasteiger charge is -2.13. The van der Waals surface area contributed by atoms with Gasteiger partial charge in [-0.2, -0.15) is 0 Å². The summed E-state index contributed by atoms with van der Waals surface area (Å²) in [6.07, 6.45) is 8.50. The normalized spacial score (nSPS) is 13.0. The molecule has 0 rings (SSSR count). The number of carbonyl (C=O) groups is 2. The zero-order valence-corrected chi connectivity index (χ0v) is 15.9. The van der Waals surface area contributed by atoms with Crippen molar-refractivity contribution in [3.8, 4) is 0 Å². The Morgan fingerprint density at radius 1 is 0.708 bits per heavy atom. The number of ether oxygens (including phenoxy) is 2. The Bertz CT molecular complexity index is 385. The van der Waals surface area contributed by atoms with E-state index in [9.17, 15) is 9.59 Å². The molecule has 0 saturated carbocycles. The third kappa shape index (κ3) is 11.9. The molecule has 0 N–H and O–H groups in total. The van der Waals surface area contributed by atoms with E-state index in [2.05, 4.69) is 13.2 Å². The first kappa shape index (κ1) is 22.4. The molecule has 2 atom stereocenters. The molecule has 2 unspecified atom stereocenters. The Kier molecular flexibility index (Phi) is 12.0. The van der Waals surface area contributed by atoms with Crippen molar-refractivity contribution < 1.29 is 19.1 Å². The highest BCUT2D eigenvalue weighted by Crippen LogP contribution is 2.13. The minimum absolute atomic E-state index is 0.0435. The SMILES string of the molecule is C=C(C)C(=O)OC(C)CCCCCCCCC(C)OC(=O)C(=C)C. The molecule has 0 aliphatic heterocycles. The van der Waals surface area contributed by atoms with E-state index in [1.54, 1.807) is 13.8 Å². The molecule has 0 bridgehead atoms. The van der Waals surface area contributed by atoms with Crippen molar-refractivity contribution in [1.82, 2.24) is 0 Å². The molecule has 0 aliphatic rings. The average molecular weight is 338 g/mol. The Morgan fingerprint density at radius 3 is 1.29 bits per heavy atom. The van der Waals surface area contributed by atoms with Crippen LogP contribution in [0.5, 0.6) is 0 Å². The summed E-state index contributed by atoms with van der Waals surface area (Å²) in [7, 11) is 0. The summed E-state index contributed by atoms with van der Waals surface area (Å²) in [5.74, 6) is -0.604. The molecule has 0 spiro atoms. The van der Waals surface area contributed by atoms with E-state index < -0.39 is 0 Å². The van der Waals surface area contributed by atoms with Gasteiger partial charge in [-0.1, -0.05) is 38.8 Å². The molecule has 0 radical (unpaired) electrons. The summed E-state index contributed by atoms with van der Waals surface area (Å²) in [4.78, 5) is 22.7. The van der Waals surface area contributed by atoms with Crippen LogP contribution in [-0.2, 0) is 19.1 Å². The van der Waals surface area contributed by atoms with Crippen LogP contribution in [-0.4, -0.2) is 24.1 Å². The monoisotopic (exact) mass is 338 g/mol. The van der Waals surface area contributed by atoms with Crippen molar-refractivity contribution in [2.24, 2.45) is 0 Å². The van der Waals surface area contributed by atoms with Crippen LogP contribution < -0.4 is 0 Å². The molecule has 0 heterocycles. The topological polar surface area (TPSA) is 52.6 Å². The molecule has 24 heavy (non-hydrogen) atoms. The van der Waals surface area contributed by atoms with Crippen LogP contribution in [0.15, 0.2) is 24.3 Å². The minimum atomic E-state index is -0.302. The van der Waals surface area contributed by atoms with Gasteiger partial charge in [-0.25, -0.2) is 9.59 Å². The number of carbonyl (C=O) groups excluding carboxylic acids is 2. The van der Waals surface area contributed by atoms with Gasteiger partial charge in [-0.15, -0.1) is 0 Å². The average Bonchev–Trinajstić information content (AvgIpc) is 2.49. The summed E-state index contributed by atoms with van der Waals surface area (Å²) in [5.41, 5.74) is 0.898. The molecule has 0 aromatic heterocycles. The fourth-order valence-corrected chi connectivity index (χ4v) is 2.26. The molecule has 0 amide bonds. The van der Waals surface area contributed by atoms with Gasteiger partial charge in [-0.05, 0) is 53.4 Å². The fraction of sp³-hybridized carbons (Fsp3) is 0.700. The number of hydrogen-bond donors (Lipinski definition) is 0. The summed E-state index contributed by atoms with van der Waals surface area (Å²) in [6.45, 7) is 14.3. The fourth-order valence-electron chi connectivity index (χ4n) is 2.26. The van der Waals surface area contributed by atoms with Gasteiger partial charge in [0, 0.05) is 11.1 Å². The minimum Gasteiger partial charge on any atom is -0.459 e. The predicted octanol–water partition coefficient (Wildman–Crippen LogP) is 5.12. The van der Waals surface area contributed by atoms with Crippen molar-refractivity contribution >= 4 is 11.9 Å². The third-order valence-corrected chi connectivity index (χ3v) is 3.78. The van der Waals surface area contributed by atoms with E-state index in [1.807, 2.05) is 13.8 Å². The lowest BCUT2D eigenvalue weighted by molar-refractivity contribution is -0.144. The van der Waals surface area contributed by atoms with E-state index in [0.717, 1.165) is 38.5 Å². The molecule has 0 aliphatic carbocycles. The van der Waals surface area contributed by atoms with Gasteiger partial charge in [-0.3, -0.25) is 0 Å². The van der Waals surface area contributed by atoms with Crippen molar-refractivity contribution in [2.45, 2.75) is 91.3 Å². The first-order valence-corrected chi connectivity index (χ1v) is 8.97. The van der Waals surface area contributed by atoms with Crippen LogP contribution in [0.1, 0.15) is 79.1 Å². The Labute approximate surface area is 147 Å². The molecular formula is C20H34O4. The van der Waals surface area contributed by atoms with Crippen molar-refractivity contribution in [3.63, 3.8) is 0 Å². The highest BCUT2D eigenvalue weighted by molar-refractivity contribution is 5.87. The second-order valence-electron chi connectivity index (χ2n) is 6.69. The summed E-state index contributed by atoms with van der Waals surface area (Å²) in [6, 6.07) is 0. The van der Waals surface area contributed by atoms with Gasteiger partial charge >= 0.3 is 11.9 Å². The van der Waals surface area contributed by atoms with Crippen LogP contribution in [0, 0.1) is 0 Å². The first-order valence-electron chi connectivity index (χ1n) is 8.97. The maximum absolute atomic E-state index is 11.4. The zero-order valence-electron chi connectivity index (χ0n) is 15.9. The van der Waals surface area contributed by atoms with Gasteiger partial charge in [0.1, 0.15) is 0 Å². The number of hydrogen-bond acceptors (Lipinski definition) is 4. The summed E-state index contributed by atoms with van der Waals surface area (Å²) < 4.78 is 10.5. The predicted molar refractivity (Wildman–Crippen MR) is 97.7 cm³/mol. The van der Waals surface area contributed by atoms with Crippen LogP contribution in [0.25, 0.3) is 0 Å². The molecule has 4 nitrogen and oxygen atoms in total. The van der Waals surface area contributed by atoms with Crippen LogP contribution in [0.3, 0.4) is 0 Å². The third-order valence-electron chi connectivity index (χ3n) is 3.78. The van der Waals surface area contributed by atoms with E-state index in [1.165, 1.54) is 12.8 Å². The molecule has 138 valence electrons. The summed E-state index contributed by atoms with van der Waals surface area (Å²) >= 11 is 0. The molecular weight excluding hydrogens is 304 g/mol. The molecule has 4 heteroatoms. The summed E-state index contributed by atoms with van der Waals surface area (Å²) in [5, 5.41) is 0. The second-order valence-corrected chi connectivity index (χ2v) is 6.69. The van der Waals surface area contributed by atoms with E-state index in [-0.39, 0.29) is 24.1 Å². The molecule has 0 aromatic carbocycles. The Balaban J connectivity index is 3.51. The van der Waals surface area contributed by atoms with Gasteiger partial charge in [0.15, 0.2) is 0 Å². The van der Waals surface area contributed by atoms with Crippen LogP contribution in [0.2, 0.25) is 0 Å². The van der Waals surface area contributed by atoms with Crippen molar-refractivity contribution in [1.29, 1.82) is 0 Å². The van der Waals surface area contributed by atoms with Gasteiger partial charge < -0.3 is 9.47 Å². The van der Waals surface area contributed by atoms with Crippen molar-refractivity contribution in [3.05, 3.63) is 24.3 Å². The maximum Gasteiger partial charge on any atom is 0.333 e. The lowest BCUT2D eigenvalue weighted by atomic mass is 10.1. The number of esters is 2. The Morgan fingerprint density at radius 2 is 1.00 bits per heavy atom. The highest BCUT2D eigenvalue weighted by atomic mass is 16.5. The number of unbranched alkanes of at least 4 members (excludes halogenated alkanes) is 5. The zero-order chi connectivity index (χ0) is 18.5. The van der Waals surface area contributed by atoms with Gasteiger partial charge in [0.25, 0.3) is 0 Å².